The third kappa shape index (κ3) is 4.59. The Balaban J connectivity index is 2.03. The Morgan fingerprint density at radius 3 is 2.58 bits per heavy atom. The molecule has 126 valence electrons. The molecule has 0 bridgehead atoms. The second-order valence-corrected chi connectivity index (χ2v) is 5.41. The predicted molar refractivity (Wildman–Crippen MR) is 93.0 cm³/mol. The Bertz CT molecular complexity index is 740. The maximum absolute atomic E-state index is 12.1. The van der Waals surface area contributed by atoms with Gasteiger partial charge >= 0.3 is 0 Å². The lowest BCUT2D eigenvalue weighted by atomic mass is 10.1. The molecule has 2 rings (SSSR count). The van der Waals surface area contributed by atoms with Gasteiger partial charge in [-0.1, -0.05) is 12.1 Å². The fourth-order valence-electron chi connectivity index (χ4n) is 2.19. The molecular formula is C19H21NO4. The molecule has 0 aliphatic heterocycles. The summed E-state index contributed by atoms with van der Waals surface area (Å²) < 4.78 is 11.0. The van der Waals surface area contributed by atoms with Crippen molar-refractivity contribution in [1.29, 1.82) is 0 Å². The van der Waals surface area contributed by atoms with Crippen LogP contribution in [0.1, 0.15) is 28.4 Å². The molecule has 0 radical (unpaired) electrons. The predicted octanol–water partition coefficient (Wildman–Crippen LogP) is 3.53. The molecule has 0 spiro atoms. The molecule has 0 fully saturated rings. The van der Waals surface area contributed by atoms with Crippen molar-refractivity contribution in [2.24, 2.45) is 0 Å². The summed E-state index contributed by atoms with van der Waals surface area (Å²) in [7, 11) is 0. The maximum Gasteiger partial charge on any atom is 0.262 e. The molecule has 24 heavy (non-hydrogen) atoms. The number of nitrogens with one attached hydrogen (secondary N) is 1. The summed E-state index contributed by atoms with van der Waals surface area (Å²) in [6, 6.07) is 10.7. The lowest BCUT2D eigenvalue weighted by molar-refractivity contribution is -0.118. The van der Waals surface area contributed by atoms with Crippen LogP contribution in [-0.4, -0.2) is 25.4 Å². The molecular weight excluding hydrogens is 306 g/mol. The first-order valence-corrected chi connectivity index (χ1v) is 7.75. The molecule has 5 nitrogen and oxygen atoms in total. The number of rotatable bonds is 7. The minimum absolute atomic E-state index is 0.145. The Hall–Kier alpha value is -2.82. The second kappa shape index (κ2) is 8.15. The largest absolute Gasteiger partial charge is 0.490 e. The molecule has 0 aromatic heterocycles. The first-order valence-electron chi connectivity index (χ1n) is 7.75. The molecule has 0 saturated carbocycles. The van der Waals surface area contributed by atoms with Crippen molar-refractivity contribution in [3.05, 3.63) is 53.1 Å². The average Bonchev–Trinajstić information content (AvgIpc) is 2.57. The van der Waals surface area contributed by atoms with Gasteiger partial charge in [-0.2, -0.15) is 0 Å². The SMILES string of the molecule is CCOc1cc(C=O)ccc1OCC(=O)Nc1cc(C)ccc1C. The average molecular weight is 327 g/mol. The zero-order valence-electron chi connectivity index (χ0n) is 14.1. The van der Waals surface area contributed by atoms with E-state index in [9.17, 15) is 9.59 Å². The van der Waals surface area contributed by atoms with Crippen LogP contribution in [-0.2, 0) is 4.79 Å². The number of ether oxygens (including phenoxy) is 2. The molecule has 1 amide bonds. The van der Waals surface area contributed by atoms with Gasteiger partial charge in [0.25, 0.3) is 5.91 Å². The summed E-state index contributed by atoms with van der Waals surface area (Å²) in [5.74, 6) is 0.616. The number of amides is 1. The third-order valence-electron chi connectivity index (χ3n) is 3.43. The van der Waals surface area contributed by atoms with Gasteiger partial charge in [-0.3, -0.25) is 9.59 Å². The number of aldehydes is 1. The van der Waals surface area contributed by atoms with Crippen LogP contribution in [0.2, 0.25) is 0 Å². The number of aryl methyl sites for hydroxylation is 2. The molecule has 0 aliphatic carbocycles. The van der Waals surface area contributed by atoms with Crippen molar-refractivity contribution in [2.75, 3.05) is 18.5 Å². The number of benzene rings is 2. The second-order valence-electron chi connectivity index (χ2n) is 5.41. The topological polar surface area (TPSA) is 64.6 Å². The van der Waals surface area contributed by atoms with Crippen LogP contribution in [0.3, 0.4) is 0 Å². The van der Waals surface area contributed by atoms with E-state index in [2.05, 4.69) is 5.32 Å². The van der Waals surface area contributed by atoms with Gasteiger partial charge < -0.3 is 14.8 Å². The molecule has 5 heteroatoms. The van der Waals surface area contributed by atoms with Crippen molar-refractivity contribution in [3.8, 4) is 11.5 Å². The minimum atomic E-state index is -0.259. The van der Waals surface area contributed by atoms with E-state index in [0.29, 0.717) is 23.7 Å². The summed E-state index contributed by atoms with van der Waals surface area (Å²) in [5.41, 5.74) is 3.31. The fraction of sp³-hybridized carbons (Fsp3) is 0.263. The van der Waals surface area contributed by atoms with Crippen LogP contribution in [0.4, 0.5) is 5.69 Å². The highest BCUT2D eigenvalue weighted by Gasteiger charge is 2.10. The number of carbonyl (C=O) groups is 2. The molecule has 2 aromatic rings. The van der Waals surface area contributed by atoms with Gasteiger partial charge in [0.05, 0.1) is 6.61 Å². The van der Waals surface area contributed by atoms with Crippen molar-refractivity contribution in [1.82, 2.24) is 0 Å². The van der Waals surface area contributed by atoms with E-state index in [-0.39, 0.29) is 12.5 Å². The number of anilines is 1. The summed E-state index contributed by atoms with van der Waals surface area (Å²) in [5, 5.41) is 2.83. The van der Waals surface area contributed by atoms with Gasteiger partial charge in [0.15, 0.2) is 18.1 Å². The van der Waals surface area contributed by atoms with Crippen LogP contribution in [0.25, 0.3) is 0 Å². The summed E-state index contributed by atoms with van der Waals surface area (Å²) in [6.45, 7) is 6.03. The van der Waals surface area contributed by atoms with E-state index in [0.717, 1.165) is 23.1 Å². The van der Waals surface area contributed by atoms with E-state index >= 15 is 0 Å². The van der Waals surface area contributed by atoms with Crippen molar-refractivity contribution >= 4 is 17.9 Å². The normalized spacial score (nSPS) is 10.1. The summed E-state index contributed by atoms with van der Waals surface area (Å²) in [4.78, 5) is 23.0. The molecule has 0 aliphatic rings. The summed E-state index contributed by atoms with van der Waals surface area (Å²) >= 11 is 0. The molecule has 0 saturated heterocycles. The van der Waals surface area contributed by atoms with Crippen molar-refractivity contribution in [2.45, 2.75) is 20.8 Å². The van der Waals surface area contributed by atoms with Crippen LogP contribution in [0.15, 0.2) is 36.4 Å². The molecule has 0 atom stereocenters. The van der Waals surface area contributed by atoms with Crippen LogP contribution in [0.5, 0.6) is 11.5 Å². The zero-order chi connectivity index (χ0) is 17.5. The highest BCUT2D eigenvalue weighted by molar-refractivity contribution is 5.92. The highest BCUT2D eigenvalue weighted by atomic mass is 16.5. The molecule has 1 N–H and O–H groups in total. The minimum Gasteiger partial charge on any atom is -0.490 e. The highest BCUT2D eigenvalue weighted by Crippen LogP contribution is 2.28. The van der Waals surface area contributed by atoms with Gasteiger partial charge in [-0.15, -0.1) is 0 Å². The quantitative estimate of drug-likeness (QED) is 0.790. The number of hydrogen-bond donors (Lipinski definition) is 1. The van der Waals surface area contributed by atoms with E-state index in [1.165, 1.54) is 0 Å². The number of carbonyl (C=O) groups excluding carboxylic acids is 2. The van der Waals surface area contributed by atoms with Gasteiger partial charge in [0, 0.05) is 11.3 Å². The molecule has 2 aromatic carbocycles. The van der Waals surface area contributed by atoms with Crippen molar-refractivity contribution < 1.29 is 19.1 Å². The monoisotopic (exact) mass is 327 g/mol. The van der Waals surface area contributed by atoms with Gasteiger partial charge in [-0.05, 0) is 56.2 Å². The Morgan fingerprint density at radius 1 is 1.08 bits per heavy atom. The zero-order valence-corrected chi connectivity index (χ0v) is 14.1. The van der Waals surface area contributed by atoms with E-state index in [1.54, 1.807) is 18.2 Å². The van der Waals surface area contributed by atoms with Crippen LogP contribution < -0.4 is 14.8 Å². The Kier molecular flexibility index (Phi) is 5.95. The Morgan fingerprint density at radius 2 is 1.88 bits per heavy atom. The number of hydrogen-bond acceptors (Lipinski definition) is 4. The lowest BCUT2D eigenvalue weighted by Gasteiger charge is -2.13. The lowest BCUT2D eigenvalue weighted by Crippen LogP contribution is -2.21. The van der Waals surface area contributed by atoms with Crippen molar-refractivity contribution in [3.63, 3.8) is 0 Å². The maximum atomic E-state index is 12.1. The van der Waals surface area contributed by atoms with E-state index < -0.39 is 0 Å². The first kappa shape index (κ1) is 17.5. The van der Waals surface area contributed by atoms with Crippen LogP contribution in [0, 0.1) is 13.8 Å². The smallest absolute Gasteiger partial charge is 0.262 e. The van der Waals surface area contributed by atoms with E-state index in [4.69, 9.17) is 9.47 Å². The van der Waals surface area contributed by atoms with E-state index in [1.807, 2.05) is 39.0 Å². The van der Waals surface area contributed by atoms with Crippen LogP contribution >= 0.6 is 0 Å². The van der Waals surface area contributed by atoms with Gasteiger partial charge in [-0.25, -0.2) is 0 Å². The fourth-order valence-corrected chi connectivity index (χ4v) is 2.19. The van der Waals surface area contributed by atoms with Gasteiger partial charge in [0.1, 0.15) is 6.29 Å². The third-order valence-corrected chi connectivity index (χ3v) is 3.43. The Labute approximate surface area is 141 Å². The van der Waals surface area contributed by atoms with Gasteiger partial charge in [0.2, 0.25) is 0 Å². The molecule has 0 unspecified atom stereocenters. The first-order chi connectivity index (χ1) is 11.5. The summed E-state index contributed by atoms with van der Waals surface area (Å²) in [6.07, 6.45) is 0.736. The standard InChI is InChI=1S/C19H21NO4/c1-4-23-18-10-15(11-21)7-8-17(18)24-12-19(22)20-16-9-13(2)5-6-14(16)3/h5-11H,4,12H2,1-3H3,(H,20,22). The molecule has 0 heterocycles.